The van der Waals surface area contributed by atoms with Crippen molar-refractivity contribution in [3.63, 3.8) is 0 Å². The van der Waals surface area contributed by atoms with Gasteiger partial charge in [0.1, 0.15) is 0 Å². The van der Waals surface area contributed by atoms with Crippen molar-refractivity contribution in [2.24, 2.45) is 5.92 Å². The second-order valence-corrected chi connectivity index (χ2v) is 6.82. The van der Waals surface area contributed by atoms with Crippen molar-refractivity contribution in [3.8, 4) is 0 Å². The molecule has 0 saturated heterocycles. The van der Waals surface area contributed by atoms with E-state index < -0.39 is 11.9 Å². The van der Waals surface area contributed by atoms with E-state index >= 15 is 0 Å². The lowest BCUT2D eigenvalue weighted by Gasteiger charge is -2.16. The molecule has 2 aromatic rings. The van der Waals surface area contributed by atoms with Crippen LogP contribution in [0.3, 0.4) is 0 Å². The fraction of sp³-hybridized carbons (Fsp3) is 0.391. The molecule has 0 aliphatic rings. The van der Waals surface area contributed by atoms with E-state index in [1.165, 1.54) is 6.07 Å². The number of benzene rings is 2. The Hall–Kier alpha value is -2.62. The lowest BCUT2D eigenvalue weighted by molar-refractivity contribution is 0.0420. The van der Waals surface area contributed by atoms with Crippen LogP contribution in [0, 0.1) is 5.92 Å². The van der Waals surface area contributed by atoms with Gasteiger partial charge in [-0.1, -0.05) is 75.6 Å². The Morgan fingerprint density at radius 3 is 2.41 bits per heavy atom. The predicted molar refractivity (Wildman–Crippen MR) is 106 cm³/mol. The second kappa shape index (κ2) is 10.5. The fourth-order valence-corrected chi connectivity index (χ4v) is 3.16. The lowest BCUT2D eigenvalue weighted by Crippen LogP contribution is -2.18. The van der Waals surface area contributed by atoms with Crippen LogP contribution in [0.1, 0.15) is 71.4 Å². The van der Waals surface area contributed by atoms with Crippen LogP contribution in [0.5, 0.6) is 0 Å². The third kappa shape index (κ3) is 5.95. The molecule has 27 heavy (non-hydrogen) atoms. The van der Waals surface area contributed by atoms with Gasteiger partial charge in [0.05, 0.1) is 17.7 Å². The van der Waals surface area contributed by atoms with E-state index in [1.54, 1.807) is 12.1 Å². The molecule has 2 rings (SSSR count). The van der Waals surface area contributed by atoms with Gasteiger partial charge in [0.15, 0.2) is 0 Å². The summed E-state index contributed by atoms with van der Waals surface area (Å²) in [7, 11) is 0. The number of esters is 1. The molecule has 1 N–H and O–H groups in total. The first-order valence-corrected chi connectivity index (χ1v) is 9.63. The van der Waals surface area contributed by atoms with Crippen molar-refractivity contribution in [1.82, 2.24) is 0 Å². The third-order valence-electron chi connectivity index (χ3n) is 4.82. The Bertz CT molecular complexity index is 752. The summed E-state index contributed by atoms with van der Waals surface area (Å²) in [6.07, 6.45) is 4.61. The molecule has 0 aliphatic carbocycles. The Balaban J connectivity index is 2.19. The summed E-state index contributed by atoms with van der Waals surface area (Å²) in [5.41, 5.74) is 1.77. The van der Waals surface area contributed by atoms with Crippen LogP contribution < -0.4 is 0 Å². The minimum Gasteiger partial charge on any atom is -0.478 e. The van der Waals surface area contributed by atoms with Crippen molar-refractivity contribution >= 4 is 11.9 Å². The van der Waals surface area contributed by atoms with Crippen molar-refractivity contribution in [1.29, 1.82) is 0 Å². The highest BCUT2D eigenvalue weighted by Crippen LogP contribution is 2.21. The molecular formula is C23H28O4. The van der Waals surface area contributed by atoms with E-state index in [0.717, 1.165) is 31.2 Å². The third-order valence-corrected chi connectivity index (χ3v) is 4.82. The average molecular weight is 368 g/mol. The first-order chi connectivity index (χ1) is 13.1. The summed E-state index contributed by atoms with van der Waals surface area (Å²) in [4.78, 5) is 24.4. The monoisotopic (exact) mass is 368 g/mol. The second-order valence-electron chi connectivity index (χ2n) is 6.82. The maximum absolute atomic E-state index is 12.6. The van der Waals surface area contributed by atoms with Crippen LogP contribution in [0.15, 0.2) is 48.5 Å². The maximum atomic E-state index is 12.6. The van der Waals surface area contributed by atoms with E-state index in [2.05, 4.69) is 13.8 Å². The van der Waals surface area contributed by atoms with Gasteiger partial charge in [0, 0.05) is 0 Å². The van der Waals surface area contributed by atoms with Crippen LogP contribution in [-0.4, -0.2) is 23.7 Å². The smallest absolute Gasteiger partial charge is 0.339 e. The molecular weight excluding hydrogens is 340 g/mol. The molecule has 0 amide bonds. The number of carbonyl (C=O) groups excluding carboxylic acids is 1. The minimum atomic E-state index is -1.11. The van der Waals surface area contributed by atoms with E-state index in [9.17, 15) is 14.7 Å². The molecule has 0 saturated carbocycles. The zero-order valence-corrected chi connectivity index (χ0v) is 16.1. The zero-order chi connectivity index (χ0) is 19.6. The van der Waals surface area contributed by atoms with Gasteiger partial charge in [-0.25, -0.2) is 9.59 Å². The van der Waals surface area contributed by atoms with E-state index in [-0.39, 0.29) is 11.1 Å². The van der Waals surface area contributed by atoms with Gasteiger partial charge in [0.2, 0.25) is 0 Å². The van der Waals surface area contributed by atoms with Gasteiger partial charge < -0.3 is 9.84 Å². The molecule has 0 fully saturated rings. The molecule has 0 aliphatic heterocycles. The van der Waals surface area contributed by atoms with Crippen LogP contribution in [0.25, 0.3) is 0 Å². The van der Waals surface area contributed by atoms with Gasteiger partial charge in [-0.15, -0.1) is 0 Å². The number of hydrogen-bond donors (Lipinski definition) is 1. The van der Waals surface area contributed by atoms with Gasteiger partial charge in [-0.3, -0.25) is 0 Å². The number of carboxylic acids is 1. The van der Waals surface area contributed by atoms with E-state index in [0.29, 0.717) is 24.5 Å². The first-order valence-electron chi connectivity index (χ1n) is 9.63. The summed E-state index contributed by atoms with van der Waals surface area (Å²) in [5.74, 6) is -1.35. The Kier molecular flexibility index (Phi) is 8.05. The maximum Gasteiger partial charge on any atom is 0.339 e. The topological polar surface area (TPSA) is 63.6 Å². The molecule has 0 spiro atoms. The lowest BCUT2D eigenvalue weighted by atomic mass is 9.95. The zero-order valence-electron chi connectivity index (χ0n) is 16.1. The number of carboxylic acid groups (broad SMARTS) is 1. The van der Waals surface area contributed by atoms with Crippen LogP contribution in [-0.2, 0) is 11.2 Å². The normalized spacial score (nSPS) is 11.8. The largest absolute Gasteiger partial charge is 0.478 e. The summed E-state index contributed by atoms with van der Waals surface area (Å²) in [6, 6.07) is 14.6. The van der Waals surface area contributed by atoms with E-state index in [1.807, 2.05) is 30.3 Å². The average Bonchev–Trinajstić information content (AvgIpc) is 2.68. The number of hydrogen-bond acceptors (Lipinski definition) is 3. The molecule has 0 radical (unpaired) electrons. The summed E-state index contributed by atoms with van der Waals surface area (Å²) in [5, 5.41) is 9.71. The number of ether oxygens (including phenoxy) is 1. The molecule has 0 aromatic heterocycles. The molecule has 0 heterocycles. The number of unbranched alkanes of at least 4 members (excludes halogenated alkanes) is 1. The van der Waals surface area contributed by atoms with Crippen LogP contribution >= 0.6 is 0 Å². The highest BCUT2D eigenvalue weighted by molar-refractivity contribution is 6.03. The Morgan fingerprint density at radius 1 is 1.04 bits per heavy atom. The SMILES string of the molecule is CCCCC(CC)COC(=O)c1cccc(Cc2ccccc2)c1C(=O)O. The number of carbonyl (C=O) groups is 2. The Labute approximate surface area is 161 Å². The van der Waals surface area contributed by atoms with E-state index in [4.69, 9.17) is 4.74 Å². The highest BCUT2D eigenvalue weighted by Gasteiger charge is 2.22. The van der Waals surface area contributed by atoms with Gasteiger partial charge in [-0.05, 0) is 36.0 Å². The molecule has 4 nitrogen and oxygen atoms in total. The highest BCUT2D eigenvalue weighted by atomic mass is 16.5. The van der Waals surface area contributed by atoms with Crippen molar-refractivity contribution in [3.05, 3.63) is 70.8 Å². The van der Waals surface area contributed by atoms with Crippen molar-refractivity contribution in [2.45, 2.75) is 46.0 Å². The minimum absolute atomic E-state index is 0.0351. The predicted octanol–water partition coefficient (Wildman–Crippen LogP) is 5.35. The molecule has 144 valence electrons. The van der Waals surface area contributed by atoms with Crippen LogP contribution in [0.2, 0.25) is 0 Å². The molecule has 1 unspecified atom stereocenters. The standard InChI is InChI=1S/C23H28O4/c1-3-5-10-17(4-2)16-27-23(26)20-14-9-13-19(21(20)22(24)25)15-18-11-7-6-8-12-18/h6-9,11-14,17H,3-5,10,15-16H2,1-2H3,(H,24,25). The Morgan fingerprint density at radius 2 is 1.78 bits per heavy atom. The number of aromatic carboxylic acids is 1. The summed E-state index contributed by atoms with van der Waals surface area (Å²) in [6.45, 7) is 4.55. The van der Waals surface area contributed by atoms with Gasteiger partial charge in [0.25, 0.3) is 0 Å². The molecule has 4 heteroatoms. The summed E-state index contributed by atoms with van der Waals surface area (Å²) >= 11 is 0. The fourth-order valence-electron chi connectivity index (χ4n) is 3.16. The molecule has 0 bridgehead atoms. The summed E-state index contributed by atoms with van der Waals surface area (Å²) < 4.78 is 5.47. The first kappa shape index (κ1) is 20.7. The molecule has 1 atom stereocenters. The van der Waals surface area contributed by atoms with Crippen molar-refractivity contribution < 1.29 is 19.4 Å². The van der Waals surface area contributed by atoms with Gasteiger partial charge >= 0.3 is 11.9 Å². The van der Waals surface area contributed by atoms with Crippen LogP contribution in [0.4, 0.5) is 0 Å². The quantitative estimate of drug-likeness (QED) is 0.574. The van der Waals surface area contributed by atoms with Crippen molar-refractivity contribution in [2.75, 3.05) is 6.61 Å². The number of rotatable bonds is 10. The molecule has 2 aromatic carbocycles. The van der Waals surface area contributed by atoms with Gasteiger partial charge in [-0.2, -0.15) is 0 Å².